The molecule has 5 atom stereocenters. The average Bonchev–Trinajstić information content (AvgIpc) is 2.95. The molecule has 3 aliphatic carbocycles. The van der Waals surface area contributed by atoms with E-state index in [0.29, 0.717) is 11.1 Å². The van der Waals surface area contributed by atoms with Gasteiger partial charge in [-0.1, -0.05) is 34.1 Å². The van der Waals surface area contributed by atoms with Crippen LogP contribution in [0.5, 0.6) is 5.75 Å². The first-order valence-corrected chi connectivity index (χ1v) is 14.7. The van der Waals surface area contributed by atoms with E-state index in [9.17, 15) is 39.6 Å². The van der Waals surface area contributed by atoms with Gasteiger partial charge in [0.15, 0.2) is 11.4 Å². The summed E-state index contributed by atoms with van der Waals surface area (Å²) in [7, 11) is 6.87. The lowest BCUT2D eigenvalue weighted by Crippen LogP contribution is -2.65. The van der Waals surface area contributed by atoms with Gasteiger partial charge >= 0.3 is 0 Å². The van der Waals surface area contributed by atoms with Gasteiger partial charge in [-0.25, -0.2) is 0 Å². The number of hydrogen-bond acceptors (Lipinski definition) is 10. The van der Waals surface area contributed by atoms with E-state index in [1.165, 1.54) is 25.1 Å². The molecule has 2 aromatic carbocycles. The highest BCUT2D eigenvalue weighted by Crippen LogP contribution is 2.53. The van der Waals surface area contributed by atoms with Crippen LogP contribution in [0.3, 0.4) is 0 Å². The zero-order valence-electron chi connectivity index (χ0n) is 24.5. The molecule has 2 aromatic rings. The smallest absolute Gasteiger partial charge is 0.255 e. The fourth-order valence-corrected chi connectivity index (χ4v) is 7.03. The highest BCUT2D eigenvalue weighted by Gasteiger charge is 2.64. The quantitative estimate of drug-likeness (QED) is 0.151. The first-order valence-electron chi connectivity index (χ1n) is 13.8. The maximum Gasteiger partial charge on any atom is 0.255 e. The minimum absolute atomic E-state index is 0.0110. The Balaban J connectivity index is 1.52. The Morgan fingerprint density at radius 1 is 1.05 bits per heavy atom. The number of halogens is 1. The molecule has 0 aromatic heterocycles. The zero-order chi connectivity index (χ0) is 32.4. The van der Waals surface area contributed by atoms with Crippen LogP contribution < -0.4 is 16.0 Å². The molecular weight excluding hydrogens is 636 g/mol. The van der Waals surface area contributed by atoms with Crippen molar-refractivity contribution in [3.8, 4) is 5.75 Å². The molecule has 0 radical (unpaired) electrons. The van der Waals surface area contributed by atoms with Crippen LogP contribution in [-0.2, 0) is 25.6 Å². The summed E-state index contributed by atoms with van der Waals surface area (Å²) < 4.78 is 0. The van der Waals surface area contributed by atoms with Crippen molar-refractivity contribution in [2.45, 2.75) is 29.3 Å². The number of nitrogens with two attached hydrogens (primary N) is 1. The highest BCUT2D eigenvalue weighted by atomic mass is 79.9. The number of rotatable bonds is 6. The van der Waals surface area contributed by atoms with Gasteiger partial charge in [0.05, 0.1) is 17.3 Å². The lowest BCUT2D eigenvalue weighted by molar-refractivity contribution is -0.153. The van der Waals surface area contributed by atoms with Crippen LogP contribution in [0, 0.1) is 11.8 Å². The van der Waals surface area contributed by atoms with Gasteiger partial charge in [-0.05, 0) is 62.2 Å². The average molecular weight is 670 g/mol. The number of hydrogen-bond donors (Lipinski definition) is 6. The number of phenols is 1. The summed E-state index contributed by atoms with van der Waals surface area (Å²) in [5, 5.41) is 48.0. The topological polar surface area (TPSA) is 194 Å². The minimum atomic E-state index is -2.72. The molecule has 13 heteroatoms. The van der Waals surface area contributed by atoms with Gasteiger partial charge in [0.1, 0.15) is 27.7 Å². The van der Waals surface area contributed by atoms with Crippen molar-refractivity contribution in [3.63, 3.8) is 0 Å². The molecule has 1 saturated carbocycles. The molecule has 0 bridgehead atoms. The van der Waals surface area contributed by atoms with Gasteiger partial charge in [0.25, 0.3) is 5.91 Å². The number of Topliss-reactive ketones (excluding diaryl/α,β-unsaturated/α-hetero) is 2. The summed E-state index contributed by atoms with van der Waals surface area (Å²) in [5.41, 5.74) is 3.44. The van der Waals surface area contributed by atoms with E-state index in [1.54, 1.807) is 18.2 Å². The SMILES string of the molecule is CN(C)c1ccc(C(Br)C(=O)Nc2ccc3c(c2O)C(O)=C2C(=O)[C@]4(O)C(O)=C(C(N)=O)C(=O)[C@@H](N(C)C)C4CC2C3)cc1. The molecular formula is C31H33BrN4O8. The summed E-state index contributed by atoms with van der Waals surface area (Å²) in [6.45, 7) is 0. The van der Waals surface area contributed by atoms with Crippen LogP contribution in [0.2, 0.25) is 0 Å². The third-order valence-corrected chi connectivity index (χ3v) is 9.73. The molecule has 0 heterocycles. The van der Waals surface area contributed by atoms with Crippen molar-refractivity contribution in [1.82, 2.24) is 4.90 Å². The monoisotopic (exact) mass is 668 g/mol. The zero-order valence-corrected chi connectivity index (χ0v) is 26.0. The van der Waals surface area contributed by atoms with Crippen LogP contribution in [-0.4, -0.2) is 88.5 Å². The number of fused-ring (bicyclic) bond motifs is 3. The predicted molar refractivity (Wildman–Crippen MR) is 165 cm³/mol. The number of aliphatic hydroxyl groups is 3. The van der Waals surface area contributed by atoms with Crippen molar-refractivity contribution >= 4 is 56.4 Å². The molecule has 3 unspecified atom stereocenters. The molecule has 44 heavy (non-hydrogen) atoms. The number of aromatic hydroxyl groups is 1. The number of benzene rings is 2. The normalized spacial score (nSPS) is 25.3. The lowest BCUT2D eigenvalue weighted by atomic mass is 9.57. The number of aliphatic hydroxyl groups excluding tert-OH is 2. The number of phenolic OH excluding ortho intramolecular Hbond substituents is 1. The third kappa shape index (κ3) is 4.66. The van der Waals surface area contributed by atoms with Crippen LogP contribution in [0.15, 0.2) is 53.3 Å². The van der Waals surface area contributed by atoms with Gasteiger partial charge in [-0.2, -0.15) is 0 Å². The third-order valence-electron chi connectivity index (χ3n) is 8.78. The fraction of sp³-hybridized carbons (Fsp3) is 0.355. The number of carbonyl (C=O) groups excluding carboxylic acids is 4. The summed E-state index contributed by atoms with van der Waals surface area (Å²) in [6, 6.07) is 9.23. The Kier molecular flexibility index (Phi) is 7.85. The molecule has 5 rings (SSSR count). The number of likely N-dealkylation sites (N-methyl/N-ethyl adjacent to an activating group) is 1. The van der Waals surface area contributed by atoms with Crippen molar-refractivity contribution in [2.75, 3.05) is 38.4 Å². The molecule has 0 saturated heterocycles. The Morgan fingerprint density at radius 3 is 2.25 bits per heavy atom. The second kappa shape index (κ2) is 11.1. The Labute approximate surface area is 261 Å². The number of anilines is 2. The minimum Gasteiger partial charge on any atom is -0.508 e. The number of nitrogens with zero attached hydrogens (tertiary/aromatic N) is 2. The summed E-state index contributed by atoms with van der Waals surface area (Å²) in [4.78, 5) is 55.0. The van der Waals surface area contributed by atoms with E-state index in [0.717, 1.165) is 5.69 Å². The highest BCUT2D eigenvalue weighted by molar-refractivity contribution is 9.09. The molecule has 2 amide bonds. The maximum absolute atomic E-state index is 14.0. The van der Waals surface area contributed by atoms with Crippen LogP contribution in [0.25, 0.3) is 5.76 Å². The second-order valence-corrected chi connectivity index (χ2v) is 12.7. The fourth-order valence-electron chi connectivity index (χ4n) is 6.61. The Hall–Kier alpha value is -4.20. The van der Waals surface area contributed by atoms with Crippen molar-refractivity contribution < 1.29 is 39.6 Å². The van der Waals surface area contributed by atoms with Gasteiger partial charge in [0.2, 0.25) is 11.7 Å². The van der Waals surface area contributed by atoms with E-state index >= 15 is 0 Å². The van der Waals surface area contributed by atoms with E-state index in [4.69, 9.17) is 5.73 Å². The number of nitrogens with one attached hydrogen (secondary N) is 1. The number of primary amides is 1. The molecule has 7 N–H and O–H groups in total. The van der Waals surface area contributed by atoms with Gasteiger partial charge in [-0.15, -0.1) is 0 Å². The largest absolute Gasteiger partial charge is 0.508 e. The number of alkyl halides is 1. The summed E-state index contributed by atoms with van der Waals surface area (Å²) in [5.74, 6) is -7.84. The number of amides is 2. The molecule has 232 valence electrons. The molecule has 0 aliphatic heterocycles. The van der Waals surface area contributed by atoms with Crippen LogP contribution >= 0.6 is 15.9 Å². The summed E-state index contributed by atoms with van der Waals surface area (Å²) >= 11 is 3.39. The van der Waals surface area contributed by atoms with Gasteiger partial charge < -0.3 is 36.4 Å². The van der Waals surface area contributed by atoms with Crippen molar-refractivity contribution in [2.24, 2.45) is 17.6 Å². The van der Waals surface area contributed by atoms with E-state index in [-0.39, 0.29) is 29.7 Å². The predicted octanol–water partition coefficient (Wildman–Crippen LogP) is 2.10. The van der Waals surface area contributed by atoms with Gasteiger partial charge in [-0.3, -0.25) is 24.1 Å². The number of carbonyl (C=O) groups is 4. The summed E-state index contributed by atoms with van der Waals surface area (Å²) in [6.07, 6.45) is 0.137. The van der Waals surface area contributed by atoms with Crippen molar-refractivity contribution in [3.05, 3.63) is 70.0 Å². The molecule has 12 nitrogen and oxygen atoms in total. The second-order valence-electron chi connectivity index (χ2n) is 11.8. The lowest BCUT2D eigenvalue weighted by Gasteiger charge is -2.50. The Bertz CT molecular complexity index is 1670. The van der Waals surface area contributed by atoms with E-state index in [2.05, 4.69) is 21.2 Å². The van der Waals surface area contributed by atoms with Crippen molar-refractivity contribution in [1.29, 1.82) is 0 Å². The van der Waals surface area contributed by atoms with Gasteiger partial charge in [0, 0.05) is 31.3 Å². The first-order chi connectivity index (χ1) is 20.6. The van der Waals surface area contributed by atoms with E-state index < -0.39 is 74.5 Å². The molecule has 0 spiro atoms. The Morgan fingerprint density at radius 2 is 1.68 bits per heavy atom. The standard InChI is InChI=1S/C31H33BrN4O8/c1-35(2)16-8-5-13(6-9-16)22(32)30(43)34-18-10-7-14-11-15-12-17-23(36(3)4)26(39)21(29(33)42)28(41)31(17,44)27(40)20(15)25(38)19(14)24(18)37/h5-10,15,17,22-23,37-38,41,44H,11-12H2,1-4H3,(H2,33,42)(H,34,43)/t15?,17?,22?,23-,31-/m0/s1. The first kappa shape index (κ1) is 31.2. The van der Waals surface area contributed by atoms with Crippen LogP contribution in [0.4, 0.5) is 11.4 Å². The van der Waals surface area contributed by atoms with E-state index in [1.807, 2.05) is 31.1 Å². The molecule has 1 fully saturated rings. The molecule has 3 aliphatic rings. The number of ketones is 2. The van der Waals surface area contributed by atoms with Crippen LogP contribution in [0.1, 0.15) is 27.9 Å². The maximum atomic E-state index is 14.0.